The number of esters is 1. The molecule has 5 aliphatic carbocycles. The van der Waals surface area contributed by atoms with Gasteiger partial charge < -0.3 is 25.4 Å². The maximum Gasteiger partial charge on any atom is 0.330 e. The number of hydrogen-bond acceptors (Lipinski definition) is 7. The Morgan fingerprint density at radius 2 is 1.66 bits per heavy atom. The fourth-order valence-corrected chi connectivity index (χ4v) is 11.7. The number of carboxylic acids is 2. The van der Waals surface area contributed by atoms with Crippen LogP contribution in [0.3, 0.4) is 0 Å². The number of Topliss-reactive ketones (excluding diaryl/α,β-unsaturated/α-hetero) is 1. The van der Waals surface area contributed by atoms with Crippen LogP contribution in [0.1, 0.15) is 111 Å². The number of amides is 1. The van der Waals surface area contributed by atoms with Crippen LogP contribution in [-0.4, -0.2) is 51.5 Å². The normalized spacial score (nSPS) is 34.4. The number of nitrogens with one attached hydrogen (secondary N) is 1. The Kier molecular flexibility index (Phi) is 10.1. The van der Waals surface area contributed by atoms with Crippen LogP contribution < -0.4 is 5.32 Å². The Labute approximate surface area is 312 Å². The van der Waals surface area contributed by atoms with Gasteiger partial charge in [-0.25, -0.2) is 9.59 Å². The van der Waals surface area contributed by atoms with E-state index in [1.165, 1.54) is 30.4 Å². The molecule has 4 N–H and O–H groups in total. The van der Waals surface area contributed by atoms with Gasteiger partial charge in [-0.2, -0.15) is 0 Å². The van der Waals surface area contributed by atoms with Crippen LogP contribution >= 0.6 is 0 Å². The van der Waals surface area contributed by atoms with E-state index in [4.69, 9.17) is 9.84 Å². The zero-order valence-electron chi connectivity index (χ0n) is 31.7. The van der Waals surface area contributed by atoms with Crippen LogP contribution in [0.5, 0.6) is 5.75 Å². The molecule has 0 bridgehead atoms. The van der Waals surface area contributed by atoms with Crippen LogP contribution in [0, 0.1) is 50.7 Å². The predicted molar refractivity (Wildman–Crippen MR) is 200 cm³/mol. The van der Waals surface area contributed by atoms with Crippen molar-refractivity contribution in [3.63, 3.8) is 0 Å². The van der Waals surface area contributed by atoms with Crippen LogP contribution in [0.25, 0.3) is 6.08 Å². The number of carbonyl (C=O) groups excluding carboxylic acids is 3. The zero-order valence-corrected chi connectivity index (χ0v) is 31.7. The smallest absolute Gasteiger partial charge is 0.330 e. The summed E-state index contributed by atoms with van der Waals surface area (Å²) in [5, 5.41) is 32.5. The number of carboxylic acid groups (broad SMARTS) is 2. The SMILES string of the molecule is CC1(C)CC[C@]2(C(=O)O)CC[C@]3(COC(=O)/C=C/c4cc(O)ccc4NC(=O)/C=C/C(=O)O)C(=CCC4[C@@H]3CCCC3C(C)(C)C(=O)CCC43C)C2C1. The molecule has 286 valence electrons. The third-order valence-corrected chi connectivity index (χ3v) is 14.5. The topological polar surface area (TPSA) is 167 Å². The highest BCUT2D eigenvalue weighted by Gasteiger charge is 2.66. The highest BCUT2D eigenvalue weighted by molar-refractivity contribution is 6.03. The number of ether oxygens (including phenoxy) is 1. The second-order valence-corrected chi connectivity index (χ2v) is 18.2. The Hall–Kier alpha value is -4.21. The number of phenols is 1. The summed E-state index contributed by atoms with van der Waals surface area (Å²) in [4.78, 5) is 63.3. The number of allylic oxidation sites excluding steroid dienone is 1. The first kappa shape index (κ1) is 38.5. The lowest BCUT2D eigenvalue weighted by molar-refractivity contribution is -0.169. The van der Waals surface area contributed by atoms with Gasteiger partial charge in [-0.1, -0.05) is 52.7 Å². The van der Waals surface area contributed by atoms with Crippen molar-refractivity contribution in [3.8, 4) is 5.75 Å². The van der Waals surface area contributed by atoms with Gasteiger partial charge in [-0.3, -0.25) is 14.4 Å². The Bertz CT molecular complexity index is 1790. The second kappa shape index (κ2) is 13.9. The highest BCUT2D eigenvalue weighted by atomic mass is 16.5. The Morgan fingerprint density at radius 3 is 2.38 bits per heavy atom. The van der Waals surface area contributed by atoms with Crippen LogP contribution in [0.4, 0.5) is 5.69 Å². The minimum Gasteiger partial charge on any atom is -0.508 e. The number of aromatic hydroxyl groups is 1. The number of phenolic OH excluding ortho intramolecular Hbond substituents is 1. The van der Waals surface area contributed by atoms with E-state index in [1.54, 1.807) is 0 Å². The molecule has 4 unspecified atom stereocenters. The largest absolute Gasteiger partial charge is 0.508 e. The van der Waals surface area contributed by atoms with Crippen molar-refractivity contribution in [2.75, 3.05) is 11.9 Å². The molecule has 5 aliphatic rings. The maximum atomic E-state index is 13.6. The van der Waals surface area contributed by atoms with Crippen molar-refractivity contribution in [2.24, 2.45) is 50.7 Å². The first-order chi connectivity index (χ1) is 24.8. The van der Waals surface area contributed by atoms with Crippen molar-refractivity contribution < 1.29 is 44.0 Å². The monoisotopic (exact) mass is 729 g/mol. The van der Waals surface area contributed by atoms with Crippen molar-refractivity contribution in [3.05, 3.63) is 53.6 Å². The predicted octanol–water partition coefficient (Wildman–Crippen LogP) is 7.96. The summed E-state index contributed by atoms with van der Waals surface area (Å²) in [6, 6.07) is 4.20. The zero-order chi connectivity index (χ0) is 38.6. The molecule has 10 nitrogen and oxygen atoms in total. The van der Waals surface area contributed by atoms with Crippen LogP contribution in [-0.2, 0) is 28.7 Å². The molecule has 0 aromatic heterocycles. The number of anilines is 1. The average molecular weight is 730 g/mol. The fourth-order valence-electron chi connectivity index (χ4n) is 11.7. The van der Waals surface area contributed by atoms with Crippen LogP contribution in [0.15, 0.2) is 48.1 Å². The van der Waals surface area contributed by atoms with Gasteiger partial charge in [0.05, 0.1) is 5.41 Å². The lowest BCUT2D eigenvalue weighted by atomic mass is 9.41. The fraction of sp³-hybridized carbons (Fsp3) is 0.605. The Balaban J connectivity index is 1.34. The number of benzene rings is 1. The lowest BCUT2D eigenvalue weighted by Crippen LogP contribution is -2.59. The van der Waals surface area contributed by atoms with Gasteiger partial charge >= 0.3 is 17.9 Å². The summed E-state index contributed by atoms with van der Waals surface area (Å²) >= 11 is 0. The molecule has 10 heteroatoms. The minimum atomic E-state index is -1.27. The molecular weight excluding hydrogens is 674 g/mol. The summed E-state index contributed by atoms with van der Waals surface area (Å²) in [5.41, 5.74) is -0.222. The van der Waals surface area contributed by atoms with Crippen molar-refractivity contribution >= 4 is 41.4 Å². The van der Waals surface area contributed by atoms with E-state index in [1.807, 2.05) is 0 Å². The van der Waals surface area contributed by atoms with E-state index in [9.17, 15) is 34.2 Å². The molecule has 0 spiro atoms. The summed E-state index contributed by atoms with van der Waals surface area (Å²) in [6.45, 7) is 11.2. The minimum absolute atomic E-state index is 0.0319. The average Bonchev–Trinajstić information content (AvgIpc) is 3.25. The number of carbonyl (C=O) groups is 5. The highest BCUT2D eigenvalue weighted by Crippen LogP contribution is 2.70. The van der Waals surface area contributed by atoms with Gasteiger partial charge in [0, 0.05) is 46.7 Å². The second-order valence-electron chi connectivity index (χ2n) is 18.2. The van der Waals surface area contributed by atoms with Crippen molar-refractivity contribution in [1.82, 2.24) is 0 Å². The molecule has 0 aliphatic heterocycles. The van der Waals surface area contributed by atoms with E-state index in [0.29, 0.717) is 43.1 Å². The molecule has 1 aromatic rings. The Morgan fingerprint density at radius 1 is 0.925 bits per heavy atom. The summed E-state index contributed by atoms with van der Waals surface area (Å²) in [7, 11) is 0. The van der Waals surface area contributed by atoms with Gasteiger partial charge in [0.2, 0.25) is 5.91 Å². The molecule has 0 heterocycles. The quantitative estimate of drug-likeness (QED) is 0.0898. The molecule has 1 aromatic carbocycles. The standard InChI is InChI=1S/C43H55NO9/c1-39(2)19-20-42(38(51)52)21-22-43(25-53-37(50)16-9-26-23-27(45)10-13-32(26)44-35(47)14-15-36(48)49)29-7-6-8-33-40(3,4)34(46)17-18-41(33,5)28(29)11-12-30(43)31(42)24-39/h9-10,12-16,23,28-29,31,33,45H,6-8,11,17-22,24-25H2,1-5H3,(H,44,47)(H,48,49)(H,51,52)/b15-14+,16-9+/t28?,29-,31?,33?,41?,42-,43+/m0/s1. The van der Waals surface area contributed by atoms with Gasteiger partial charge in [0.1, 0.15) is 18.1 Å². The van der Waals surface area contributed by atoms with Gasteiger partial charge in [0.15, 0.2) is 0 Å². The van der Waals surface area contributed by atoms with Crippen molar-refractivity contribution in [1.29, 1.82) is 0 Å². The number of fused-ring (bicyclic) bond motifs is 7. The van der Waals surface area contributed by atoms with E-state index < -0.39 is 40.1 Å². The number of aliphatic carboxylic acids is 2. The summed E-state index contributed by atoms with van der Waals surface area (Å²) in [5.74, 6) is -2.59. The number of ketones is 1. The summed E-state index contributed by atoms with van der Waals surface area (Å²) in [6.07, 6.45) is 15.0. The maximum absolute atomic E-state index is 13.6. The van der Waals surface area contributed by atoms with Crippen LogP contribution in [0.2, 0.25) is 0 Å². The first-order valence-electron chi connectivity index (χ1n) is 19.2. The number of rotatable bonds is 8. The molecule has 0 radical (unpaired) electrons. The molecule has 4 fully saturated rings. The van der Waals surface area contributed by atoms with Gasteiger partial charge in [-0.05, 0) is 117 Å². The van der Waals surface area contributed by atoms with E-state index >= 15 is 0 Å². The third kappa shape index (κ3) is 6.87. The van der Waals surface area contributed by atoms with E-state index in [2.05, 4.69) is 46.0 Å². The summed E-state index contributed by atoms with van der Waals surface area (Å²) < 4.78 is 6.23. The van der Waals surface area contributed by atoms with Gasteiger partial charge in [-0.15, -0.1) is 0 Å². The molecule has 6 rings (SSSR count). The third-order valence-electron chi connectivity index (χ3n) is 14.5. The van der Waals surface area contributed by atoms with Gasteiger partial charge in [0.25, 0.3) is 0 Å². The molecular formula is C43H55NO9. The van der Waals surface area contributed by atoms with E-state index in [0.717, 1.165) is 56.6 Å². The first-order valence-corrected chi connectivity index (χ1v) is 19.2. The number of hydrogen-bond donors (Lipinski definition) is 4. The molecule has 7 atom stereocenters. The van der Waals surface area contributed by atoms with E-state index in [-0.39, 0.29) is 52.5 Å². The molecule has 4 saturated carbocycles. The molecule has 53 heavy (non-hydrogen) atoms. The van der Waals surface area contributed by atoms with Crippen molar-refractivity contribution in [2.45, 2.75) is 105 Å². The lowest BCUT2D eigenvalue weighted by Gasteiger charge is -2.63. The molecule has 0 saturated heterocycles. The molecule has 1 amide bonds.